The average Bonchev–Trinajstić information content (AvgIpc) is 3.13. The lowest BCUT2D eigenvalue weighted by Gasteiger charge is -2.30. The Morgan fingerprint density at radius 3 is 2.06 bits per heavy atom. The van der Waals surface area contributed by atoms with Crippen molar-refractivity contribution in [2.24, 2.45) is 5.92 Å². The molecule has 2 aromatic rings. The minimum atomic E-state index is -1.06. The maximum Gasteiger partial charge on any atom is 0.407 e. The second kappa shape index (κ2) is 11.2. The van der Waals surface area contributed by atoms with E-state index in [2.05, 4.69) is 29.6 Å². The summed E-state index contributed by atoms with van der Waals surface area (Å²) < 4.78 is 5.63. The van der Waals surface area contributed by atoms with E-state index in [-0.39, 0.29) is 43.4 Å². The van der Waals surface area contributed by atoms with E-state index in [1.165, 1.54) is 4.90 Å². The van der Waals surface area contributed by atoms with Gasteiger partial charge in [0.2, 0.25) is 5.91 Å². The van der Waals surface area contributed by atoms with Crippen molar-refractivity contribution in [2.75, 3.05) is 13.2 Å². The Bertz CT molecular complexity index is 990. The molecule has 1 unspecified atom stereocenters. The fraction of sp³-hybridized carbons (Fsp3) is 0.444. The predicted octanol–water partition coefficient (Wildman–Crippen LogP) is 4.65. The van der Waals surface area contributed by atoms with Gasteiger partial charge < -0.3 is 20.1 Å². The number of amides is 2. The van der Waals surface area contributed by atoms with Crippen LogP contribution >= 0.6 is 0 Å². The number of hydrogen-bond acceptors (Lipinski definition) is 4. The molecule has 2 N–H and O–H groups in total. The molecule has 0 saturated heterocycles. The first-order chi connectivity index (χ1) is 16.2. The third kappa shape index (κ3) is 5.76. The molecule has 1 aliphatic rings. The number of aliphatic carboxylic acids is 1. The second-order valence-corrected chi connectivity index (χ2v) is 9.20. The highest BCUT2D eigenvalue weighted by Gasteiger charge is 2.30. The Kier molecular flexibility index (Phi) is 8.31. The Morgan fingerprint density at radius 2 is 1.56 bits per heavy atom. The van der Waals surface area contributed by atoms with Gasteiger partial charge in [-0.2, -0.15) is 0 Å². The Hall–Kier alpha value is -3.35. The zero-order valence-electron chi connectivity index (χ0n) is 20.3. The minimum absolute atomic E-state index is 0.0134. The highest BCUT2D eigenvalue weighted by Crippen LogP contribution is 2.44. The maximum atomic E-state index is 12.9. The van der Waals surface area contributed by atoms with Crippen LogP contribution in [0.4, 0.5) is 4.79 Å². The number of nitrogens with zero attached hydrogens (tertiary/aromatic N) is 1. The van der Waals surface area contributed by atoms with Gasteiger partial charge in [0.15, 0.2) is 0 Å². The van der Waals surface area contributed by atoms with Crippen molar-refractivity contribution in [2.45, 2.75) is 58.5 Å². The molecule has 7 heteroatoms. The van der Waals surface area contributed by atoms with Crippen LogP contribution in [0.1, 0.15) is 57.6 Å². The van der Waals surface area contributed by atoms with Crippen LogP contribution in [0.25, 0.3) is 11.1 Å². The molecule has 0 heterocycles. The minimum Gasteiger partial charge on any atom is -0.480 e. The molecule has 1 aliphatic carbocycles. The van der Waals surface area contributed by atoms with Gasteiger partial charge in [0, 0.05) is 24.4 Å². The summed E-state index contributed by atoms with van der Waals surface area (Å²) in [7, 11) is 0. The van der Waals surface area contributed by atoms with E-state index < -0.39 is 18.1 Å². The Labute approximate surface area is 201 Å². The zero-order valence-corrected chi connectivity index (χ0v) is 20.3. The van der Waals surface area contributed by atoms with Crippen molar-refractivity contribution >= 4 is 18.0 Å². The van der Waals surface area contributed by atoms with Crippen molar-refractivity contribution in [3.8, 4) is 11.1 Å². The highest BCUT2D eigenvalue weighted by atomic mass is 16.5. The number of fused-ring (bicyclic) bond motifs is 3. The van der Waals surface area contributed by atoms with Crippen molar-refractivity contribution in [3.05, 3.63) is 59.7 Å². The van der Waals surface area contributed by atoms with Crippen LogP contribution in [0, 0.1) is 5.92 Å². The summed E-state index contributed by atoms with van der Waals surface area (Å²) >= 11 is 0. The number of carbonyl (C=O) groups is 3. The molecular weight excluding hydrogens is 432 g/mol. The van der Waals surface area contributed by atoms with E-state index in [1.54, 1.807) is 0 Å². The Balaban J connectivity index is 1.65. The fourth-order valence-corrected chi connectivity index (χ4v) is 4.41. The van der Waals surface area contributed by atoms with Gasteiger partial charge in [0.1, 0.15) is 13.2 Å². The molecular formula is C27H34N2O5. The van der Waals surface area contributed by atoms with Crippen LogP contribution < -0.4 is 5.32 Å². The summed E-state index contributed by atoms with van der Waals surface area (Å²) in [5.74, 6) is -1.43. The third-order valence-corrected chi connectivity index (χ3v) is 6.60. The number of nitrogens with one attached hydrogen (secondary N) is 1. The number of ether oxygens (including phenoxy) is 1. The topological polar surface area (TPSA) is 95.9 Å². The SMILES string of the molecule is CCC(C)N(CC(=O)O)C(=O)C[C@@H](NC(=O)OCC1c2ccccc2-c2ccccc21)C(C)C. The lowest BCUT2D eigenvalue weighted by Crippen LogP contribution is -2.47. The molecule has 0 spiro atoms. The number of alkyl carbamates (subject to hydrolysis) is 1. The van der Waals surface area contributed by atoms with Crippen LogP contribution in [0.15, 0.2) is 48.5 Å². The van der Waals surface area contributed by atoms with E-state index in [4.69, 9.17) is 4.74 Å². The van der Waals surface area contributed by atoms with Crippen molar-refractivity contribution < 1.29 is 24.2 Å². The van der Waals surface area contributed by atoms with Crippen LogP contribution in [0.3, 0.4) is 0 Å². The van der Waals surface area contributed by atoms with E-state index in [0.29, 0.717) is 6.42 Å². The fourth-order valence-electron chi connectivity index (χ4n) is 4.41. The molecule has 0 bridgehead atoms. The summed E-state index contributed by atoms with van der Waals surface area (Å²) in [4.78, 5) is 38.2. The molecule has 0 radical (unpaired) electrons. The molecule has 0 saturated carbocycles. The number of benzene rings is 2. The summed E-state index contributed by atoms with van der Waals surface area (Å²) in [6.07, 6.45) is 0.0756. The predicted molar refractivity (Wildman–Crippen MR) is 131 cm³/mol. The molecule has 0 aliphatic heterocycles. The number of rotatable bonds is 10. The largest absolute Gasteiger partial charge is 0.480 e. The van der Waals surface area contributed by atoms with Gasteiger partial charge in [-0.05, 0) is 41.5 Å². The Morgan fingerprint density at radius 1 is 1.00 bits per heavy atom. The normalized spacial score (nSPS) is 14.1. The van der Waals surface area contributed by atoms with Gasteiger partial charge in [0.05, 0.1) is 0 Å². The zero-order chi connectivity index (χ0) is 24.8. The molecule has 0 aromatic heterocycles. The molecule has 2 atom stereocenters. The lowest BCUT2D eigenvalue weighted by atomic mass is 9.98. The van der Waals surface area contributed by atoms with Gasteiger partial charge in [-0.25, -0.2) is 4.79 Å². The first kappa shape index (κ1) is 25.3. The quantitative estimate of drug-likeness (QED) is 0.531. The second-order valence-electron chi connectivity index (χ2n) is 9.20. The van der Waals surface area contributed by atoms with Gasteiger partial charge in [-0.3, -0.25) is 9.59 Å². The van der Waals surface area contributed by atoms with Crippen molar-refractivity contribution in [3.63, 3.8) is 0 Å². The average molecular weight is 467 g/mol. The first-order valence-electron chi connectivity index (χ1n) is 11.9. The third-order valence-electron chi connectivity index (χ3n) is 6.60. The van der Waals surface area contributed by atoms with E-state index >= 15 is 0 Å². The van der Waals surface area contributed by atoms with E-state index in [1.807, 2.05) is 52.0 Å². The van der Waals surface area contributed by atoms with E-state index in [0.717, 1.165) is 22.3 Å². The van der Waals surface area contributed by atoms with E-state index in [9.17, 15) is 19.5 Å². The van der Waals surface area contributed by atoms with Gasteiger partial charge in [-0.1, -0.05) is 69.3 Å². The summed E-state index contributed by atoms with van der Waals surface area (Å²) in [5, 5.41) is 12.0. The van der Waals surface area contributed by atoms with Gasteiger partial charge in [-0.15, -0.1) is 0 Å². The first-order valence-corrected chi connectivity index (χ1v) is 11.9. The number of carbonyl (C=O) groups excluding carboxylic acids is 2. The van der Waals surface area contributed by atoms with Crippen molar-refractivity contribution in [1.29, 1.82) is 0 Å². The van der Waals surface area contributed by atoms with Crippen LogP contribution in [-0.4, -0.2) is 53.2 Å². The van der Waals surface area contributed by atoms with Crippen molar-refractivity contribution in [1.82, 2.24) is 10.2 Å². The highest BCUT2D eigenvalue weighted by molar-refractivity contribution is 5.83. The molecule has 182 valence electrons. The molecule has 34 heavy (non-hydrogen) atoms. The van der Waals surface area contributed by atoms with Crippen LogP contribution in [0.5, 0.6) is 0 Å². The molecule has 2 amide bonds. The molecule has 0 fully saturated rings. The summed E-state index contributed by atoms with van der Waals surface area (Å²) in [6.45, 7) is 7.38. The lowest BCUT2D eigenvalue weighted by molar-refractivity contribution is -0.146. The van der Waals surface area contributed by atoms with Crippen LogP contribution in [0.2, 0.25) is 0 Å². The molecule has 7 nitrogen and oxygen atoms in total. The number of hydrogen-bond donors (Lipinski definition) is 2. The standard InChI is InChI=1S/C27H34N2O5/c1-5-18(4)29(15-26(31)32)25(30)14-24(17(2)3)28-27(33)34-16-23-21-12-8-6-10-19(21)20-11-7-9-13-22(20)23/h6-13,17-18,23-24H,5,14-16H2,1-4H3,(H,28,33)(H,31,32)/t18?,24-/m1/s1. The summed E-state index contributed by atoms with van der Waals surface area (Å²) in [6, 6.07) is 15.6. The van der Waals surface area contributed by atoms with Gasteiger partial charge >= 0.3 is 12.1 Å². The number of carboxylic acids is 1. The number of carboxylic acid groups (broad SMARTS) is 1. The smallest absolute Gasteiger partial charge is 0.407 e. The molecule has 3 rings (SSSR count). The molecule has 2 aromatic carbocycles. The maximum absolute atomic E-state index is 12.9. The monoisotopic (exact) mass is 466 g/mol. The van der Waals surface area contributed by atoms with Gasteiger partial charge in [0.25, 0.3) is 0 Å². The summed E-state index contributed by atoms with van der Waals surface area (Å²) in [5.41, 5.74) is 4.57. The van der Waals surface area contributed by atoms with Crippen LogP contribution in [-0.2, 0) is 14.3 Å².